The van der Waals surface area contributed by atoms with E-state index in [1.807, 2.05) is 0 Å². The Hall–Kier alpha value is -0.120. The summed E-state index contributed by atoms with van der Waals surface area (Å²) in [6.45, 7) is 7.10. The number of aliphatic hydroxyl groups excluding tert-OH is 1. The van der Waals surface area contributed by atoms with Gasteiger partial charge in [-0.25, -0.2) is 0 Å². The van der Waals surface area contributed by atoms with Crippen molar-refractivity contribution in [3.05, 3.63) is 0 Å². The van der Waals surface area contributed by atoms with E-state index in [4.69, 9.17) is 4.74 Å². The van der Waals surface area contributed by atoms with Gasteiger partial charge in [0.2, 0.25) is 0 Å². The summed E-state index contributed by atoms with van der Waals surface area (Å²) in [7, 11) is 0. The van der Waals surface area contributed by atoms with Gasteiger partial charge < -0.3 is 15.2 Å². The van der Waals surface area contributed by atoms with Gasteiger partial charge in [0.1, 0.15) is 0 Å². The normalized spacial score (nSPS) is 18.4. The third-order valence-electron chi connectivity index (χ3n) is 2.57. The fraction of sp³-hybridized carbons (Fsp3) is 1.00. The van der Waals surface area contributed by atoms with Crippen LogP contribution in [0.25, 0.3) is 0 Å². The maximum absolute atomic E-state index is 9.56. The third kappa shape index (κ3) is 7.77. The Kier molecular flexibility index (Phi) is 6.22. The molecule has 3 heteroatoms. The van der Waals surface area contributed by atoms with Crippen molar-refractivity contribution in [2.24, 2.45) is 11.8 Å². The van der Waals surface area contributed by atoms with Crippen molar-refractivity contribution < 1.29 is 9.84 Å². The first-order valence-corrected chi connectivity index (χ1v) is 6.15. The molecule has 3 nitrogen and oxygen atoms in total. The van der Waals surface area contributed by atoms with E-state index in [1.165, 1.54) is 19.3 Å². The van der Waals surface area contributed by atoms with Crippen LogP contribution in [0.3, 0.4) is 0 Å². The summed E-state index contributed by atoms with van der Waals surface area (Å²) in [5.41, 5.74) is 0. The molecule has 1 fully saturated rings. The lowest BCUT2D eigenvalue weighted by Crippen LogP contribution is -2.31. The summed E-state index contributed by atoms with van der Waals surface area (Å²) in [6.07, 6.45) is 3.71. The third-order valence-corrected chi connectivity index (χ3v) is 2.57. The minimum atomic E-state index is -0.358. The lowest BCUT2D eigenvalue weighted by atomic mass is 10.2. The van der Waals surface area contributed by atoms with Gasteiger partial charge in [0.25, 0.3) is 0 Å². The largest absolute Gasteiger partial charge is 0.389 e. The highest BCUT2D eigenvalue weighted by molar-refractivity contribution is 4.73. The molecule has 0 bridgehead atoms. The first kappa shape index (κ1) is 12.9. The average Bonchev–Trinajstić information content (AvgIpc) is 2.95. The van der Waals surface area contributed by atoms with E-state index < -0.39 is 0 Å². The van der Waals surface area contributed by atoms with E-state index in [0.717, 1.165) is 19.1 Å². The summed E-state index contributed by atoms with van der Waals surface area (Å²) in [5.74, 6) is 1.51. The fourth-order valence-corrected chi connectivity index (χ4v) is 1.48. The van der Waals surface area contributed by atoms with Gasteiger partial charge in [0.15, 0.2) is 0 Å². The highest BCUT2D eigenvalue weighted by Crippen LogP contribution is 2.31. The van der Waals surface area contributed by atoms with Gasteiger partial charge in [-0.3, -0.25) is 0 Å². The highest BCUT2D eigenvalue weighted by atomic mass is 16.5. The number of hydrogen-bond acceptors (Lipinski definition) is 3. The Morgan fingerprint density at radius 1 is 1.33 bits per heavy atom. The summed E-state index contributed by atoms with van der Waals surface area (Å²) in [6, 6.07) is 0. The van der Waals surface area contributed by atoms with Crippen LogP contribution >= 0.6 is 0 Å². The van der Waals surface area contributed by atoms with Gasteiger partial charge in [0, 0.05) is 13.2 Å². The van der Waals surface area contributed by atoms with Crippen LogP contribution in [0.1, 0.15) is 33.1 Å². The maximum atomic E-state index is 9.56. The monoisotopic (exact) mass is 215 g/mol. The molecule has 0 aromatic rings. The van der Waals surface area contributed by atoms with Crippen LogP contribution < -0.4 is 5.32 Å². The fourth-order valence-electron chi connectivity index (χ4n) is 1.48. The Morgan fingerprint density at radius 3 is 2.67 bits per heavy atom. The molecule has 1 saturated carbocycles. The van der Waals surface area contributed by atoms with E-state index in [1.54, 1.807) is 0 Å². The van der Waals surface area contributed by atoms with Crippen molar-refractivity contribution in [2.45, 2.75) is 39.2 Å². The van der Waals surface area contributed by atoms with E-state index in [9.17, 15) is 5.11 Å². The number of hydrogen-bond donors (Lipinski definition) is 2. The minimum absolute atomic E-state index is 0.358. The highest BCUT2D eigenvalue weighted by Gasteiger charge is 2.20. The van der Waals surface area contributed by atoms with Crippen molar-refractivity contribution in [3.8, 4) is 0 Å². The molecular weight excluding hydrogens is 190 g/mol. The molecule has 0 radical (unpaired) electrons. The summed E-state index contributed by atoms with van der Waals surface area (Å²) in [5, 5.41) is 12.8. The smallest absolute Gasteiger partial charge is 0.0897 e. The summed E-state index contributed by atoms with van der Waals surface area (Å²) in [4.78, 5) is 0. The van der Waals surface area contributed by atoms with Crippen LogP contribution in [-0.2, 0) is 4.74 Å². The van der Waals surface area contributed by atoms with Crippen LogP contribution in [0.15, 0.2) is 0 Å². The first-order valence-electron chi connectivity index (χ1n) is 6.15. The molecule has 0 spiro atoms. The maximum Gasteiger partial charge on any atom is 0.0897 e. The second kappa shape index (κ2) is 7.20. The Bertz CT molecular complexity index is 158. The van der Waals surface area contributed by atoms with Gasteiger partial charge in [-0.2, -0.15) is 0 Å². The first-order chi connectivity index (χ1) is 7.18. The molecule has 1 aliphatic carbocycles. The predicted molar refractivity (Wildman–Crippen MR) is 61.9 cm³/mol. The molecule has 0 aliphatic heterocycles. The Morgan fingerprint density at radius 2 is 2.07 bits per heavy atom. The average molecular weight is 215 g/mol. The number of rotatable bonds is 9. The molecule has 0 heterocycles. The van der Waals surface area contributed by atoms with Crippen LogP contribution in [0.4, 0.5) is 0 Å². The Labute approximate surface area is 93.2 Å². The van der Waals surface area contributed by atoms with Gasteiger partial charge in [0.05, 0.1) is 12.7 Å². The van der Waals surface area contributed by atoms with Gasteiger partial charge >= 0.3 is 0 Å². The van der Waals surface area contributed by atoms with E-state index >= 15 is 0 Å². The number of aliphatic hydroxyl groups is 1. The number of nitrogens with one attached hydrogen (secondary N) is 1. The van der Waals surface area contributed by atoms with Gasteiger partial charge in [-0.15, -0.1) is 0 Å². The molecule has 0 aromatic heterocycles. The molecule has 1 atom stereocenters. The summed E-state index contributed by atoms with van der Waals surface area (Å²) < 4.78 is 5.36. The van der Waals surface area contributed by atoms with Crippen LogP contribution in [0, 0.1) is 11.8 Å². The molecule has 2 N–H and O–H groups in total. The van der Waals surface area contributed by atoms with Crippen molar-refractivity contribution in [2.75, 3.05) is 26.3 Å². The molecule has 0 aromatic carbocycles. The van der Waals surface area contributed by atoms with E-state index in [-0.39, 0.29) is 6.10 Å². The Balaban J connectivity index is 1.81. The molecular formula is C12H25NO2. The van der Waals surface area contributed by atoms with Crippen molar-refractivity contribution in [1.29, 1.82) is 0 Å². The van der Waals surface area contributed by atoms with Gasteiger partial charge in [-0.1, -0.05) is 26.7 Å². The summed E-state index contributed by atoms with van der Waals surface area (Å²) >= 11 is 0. The standard InChI is InChI=1S/C12H25NO2/c1-10(2)8-15-9-12(14)7-13-6-5-11-3-4-11/h10-14H,3-9H2,1-2H3. The zero-order valence-corrected chi connectivity index (χ0v) is 10.0. The number of ether oxygens (including phenoxy) is 1. The quantitative estimate of drug-likeness (QED) is 0.571. The minimum Gasteiger partial charge on any atom is -0.389 e. The second-order valence-electron chi connectivity index (χ2n) is 5.02. The van der Waals surface area contributed by atoms with Gasteiger partial charge in [-0.05, 0) is 24.8 Å². The van der Waals surface area contributed by atoms with Crippen molar-refractivity contribution in [1.82, 2.24) is 5.32 Å². The van der Waals surface area contributed by atoms with Crippen LogP contribution in [0.2, 0.25) is 0 Å². The lowest BCUT2D eigenvalue weighted by Gasteiger charge is -2.13. The van der Waals surface area contributed by atoms with Crippen molar-refractivity contribution in [3.63, 3.8) is 0 Å². The molecule has 15 heavy (non-hydrogen) atoms. The van der Waals surface area contributed by atoms with Crippen LogP contribution in [-0.4, -0.2) is 37.5 Å². The molecule has 1 rings (SSSR count). The SMILES string of the molecule is CC(C)COCC(O)CNCCC1CC1. The van der Waals surface area contributed by atoms with E-state index in [0.29, 0.717) is 19.1 Å². The molecule has 1 aliphatic rings. The van der Waals surface area contributed by atoms with Crippen molar-refractivity contribution >= 4 is 0 Å². The predicted octanol–water partition coefficient (Wildman–Crippen LogP) is 1.41. The lowest BCUT2D eigenvalue weighted by molar-refractivity contribution is 0.0262. The molecule has 90 valence electrons. The zero-order chi connectivity index (χ0) is 11.1. The second-order valence-corrected chi connectivity index (χ2v) is 5.02. The van der Waals surface area contributed by atoms with Crippen LogP contribution in [0.5, 0.6) is 0 Å². The van der Waals surface area contributed by atoms with E-state index in [2.05, 4.69) is 19.2 Å². The molecule has 1 unspecified atom stereocenters. The topological polar surface area (TPSA) is 41.5 Å². The zero-order valence-electron chi connectivity index (χ0n) is 10.0. The molecule has 0 saturated heterocycles. The molecule has 0 amide bonds.